The van der Waals surface area contributed by atoms with Gasteiger partial charge in [-0.3, -0.25) is 4.79 Å². The van der Waals surface area contributed by atoms with Gasteiger partial charge in [0.25, 0.3) is 0 Å². The van der Waals surface area contributed by atoms with Crippen molar-refractivity contribution in [1.29, 1.82) is 0 Å². The monoisotopic (exact) mass is 340 g/mol. The second kappa shape index (κ2) is 6.12. The Kier molecular flexibility index (Phi) is 3.79. The van der Waals surface area contributed by atoms with E-state index in [4.69, 9.17) is 0 Å². The van der Waals surface area contributed by atoms with Crippen LogP contribution in [0, 0.1) is 12.7 Å². The number of amides is 1. The number of piperazine rings is 1. The molecular weight excluding hydrogens is 323 g/mol. The van der Waals surface area contributed by atoms with E-state index in [-0.39, 0.29) is 18.3 Å². The summed E-state index contributed by atoms with van der Waals surface area (Å²) in [6.07, 6.45) is 0. The number of carbonyl (C=O) groups is 1. The van der Waals surface area contributed by atoms with Crippen LogP contribution in [0.4, 0.5) is 10.2 Å². The van der Waals surface area contributed by atoms with Crippen LogP contribution in [-0.2, 0) is 11.3 Å². The number of anilines is 1. The molecule has 0 N–H and O–H groups in total. The largest absolute Gasteiger partial charge is 0.344 e. The molecule has 1 aliphatic heterocycles. The van der Waals surface area contributed by atoms with Gasteiger partial charge in [0.05, 0.1) is 6.54 Å². The molecule has 1 aliphatic rings. The Hall–Kier alpha value is -3.03. The zero-order valence-electron chi connectivity index (χ0n) is 13.8. The first-order valence-corrected chi connectivity index (χ1v) is 8.06. The summed E-state index contributed by atoms with van der Waals surface area (Å²) >= 11 is 0. The summed E-state index contributed by atoms with van der Waals surface area (Å²) in [6, 6.07) is 10.0. The van der Waals surface area contributed by atoms with E-state index in [0.717, 1.165) is 5.56 Å². The lowest BCUT2D eigenvalue weighted by atomic mass is 10.2. The molecule has 0 atom stereocenters. The second-order valence-electron chi connectivity index (χ2n) is 6.08. The summed E-state index contributed by atoms with van der Waals surface area (Å²) in [5, 5.41) is 12.5. The Morgan fingerprint density at radius 3 is 2.84 bits per heavy atom. The van der Waals surface area contributed by atoms with Gasteiger partial charge in [-0.1, -0.05) is 12.1 Å². The summed E-state index contributed by atoms with van der Waals surface area (Å²) in [5.41, 5.74) is 1.47. The Labute approximate surface area is 143 Å². The lowest BCUT2D eigenvalue weighted by Crippen LogP contribution is -2.50. The fraction of sp³-hybridized carbons (Fsp3) is 0.294. The fourth-order valence-electron chi connectivity index (χ4n) is 2.98. The van der Waals surface area contributed by atoms with Gasteiger partial charge in [-0.05, 0) is 36.8 Å². The van der Waals surface area contributed by atoms with Crippen LogP contribution in [0.1, 0.15) is 11.4 Å². The predicted molar refractivity (Wildman–Crippen MR) is 89.5 cm³/mol. The number of hydrogen-bond donors (Lipinski definition) is 0. The summed E-state index contributed by atoms with van der Waals surface area (Å²) in [5.74, 6) is 1.13. The van der Waals surface area contributed by atoms with Crippen molar-refractivity contribution < 1.29 is 9.18 Å². The van der Waals surface area contributed by atoms with Gasteiger partial charge in [-0.25, -0.2) is 4.39 Å². The number of rotatable bonds is 3. The van der Waals surface area contributed by atoms with Crippen LogP contribution in [0.5, 0.6) is 0 Å². The lowest BCUT2D eigenvalue weighted by Gasteiger charge is -2.34. The van der Waals surface area contributed by atoms with Crippen molar-refractivity contribution >= 4 is 17.4 Å². The SMILES string of the molecule is Cc1nnc2ccc(N3CCN(Cc4cccc(F)c4)C(=O)C3)nn12. The third-order valence-electron chi connectivity index (χ3n) is 4.31. The summed E-state index contributed by atoms with van der Waals surface area (Å²) in [7, 11) is 0. The van der Waals surface area contributed by atoms with Gasteiger partial charge in [-0.15, -0.1) is 15.3 Å². The van der Waals surface area contributed by atoms with Crippen molar-refractivity contribution in [3.63, 3.8) is 0 Å². The molecule has 1 fully saturated rings. The first-order chi connectivity index (χ1) is 12.1. The molecule has 1 saturated heterocycles. The Morgan fingerprint density at radius 2 is 2.04 bits per heavy atom. The van der Waals surface area contributed by atoms with Gasteiger partial charge in [0.1, 0.15) is 11.6 Å². The highest BCUT2D eigenvalue weighted by atomic mass is 19.1. The number of carbonyl (C=O) groups excluding carboxylic acids is 1. The van der Waals surface area contributed by atoms with E-state index in [1.165, 1.54) is 12.1 Å². The maximum atomic E-state index is 13.3. The van der Waals surface area contributed by atoms with Crippen molar-refractivity contribution in [1.82, 2.24) is 24.7 Å². The van der Waals surface area contributed by atoms with Crippen LogP contribution in [0.15, 0.2) is 36.4 Å². The average Bonchev–Trinajstić information content (AvgIpc) is 2.97. The molecule has 1 amide bonds. The number of aromatic nitrogens is 4. The smallest absolute Gasteiger partial charge is 0.242 e. The molecule has 1 aromatic carbocycles. The highest BCUT2D eigenvalue weighted by Gasteiger charge is 2.25. The van der Waals surface area contributed by atoms with E-state index in [9.17, 15) is 9.18 Å². The van der Waals surface area contributed by atoms with Crippen LogP contribution in [-0.4, -0.2) is 50.3 Å². The predicted octanol–water partition coefficient (Wildman–Crippen LogP) is 1.42. The fourth-order valence-corrected chi connectivity index (χ4v) is 2.98. The topological polar surface area (TPSA) is 66.6 Å². The number of nitrogens with zero attached hydrogens (tertiary/aromatic N) is 6. The Morgan fingerprint density at radius 1 is 1.16 bits per heavy atom. The molecule has 7 nitrogen and oxygen atoms in total. The first-order valence-electron chi connectivity index (χ1n) is 8.06. The molecule has 8 heteroatoms. The van der Waals surface area contributed by atoms with E-state index in [1.54, 1.807) is 15.5 Å². The number of benzene rings is 1. The summed E-state index contributed by atoms with van der Waals surface area (Å²) in [4.78, 5) is 16.2. The van der Waals surface area contributed by atoms with E-state index >= 15 is 0 Å². The van der Waals surface area contributed by atoms with Gasteiger partial charge in [0.2, 0.25) is 5.91 Å². The van der Waals surface area contributed by atoms with Crippen molar-refractivity contribution in [2.45, 2.75) is 13.5 Å². The normalized spacial score (nSPS) is 15.2. The van der Waals surface area contributed by atoms with E-state index in [0.29, 0.717) is 36.9 Å². The Balaban J connectivity index is 1.48. The maximum Gasteiger partial charge on any atom is 0.242 e. The van der Waals surface area contributed by atoms with E-state index in [1.807, 2.05) is 30.0 Å². The molecule has 2 aromatic heterocycles. The molecule has 25 heavy (non-hydrogen) atoms. The highest BCUT2D eigenvalue weighted by Crippen LogP contribution is 2.17. The minimum atomic E-state index is -0.287. The van der Waals surface area contributed by atoms with Crippen LogP contribution in [0.25, 0.3) is 5.65 Å². The molecule has 0 radical (unpaired) electrons. The number of aryl methyl sites for hydroxylation is 1. The first kappa shape index (κ1) is 15.5. The zero-order chi connectivity index (χ0) is 17.4. The van der Waals surface area contributed by atoms with Crippen LogP contribution in [0.2, 0.25) is 0 Å². The minimum absolute atomic E-state index is 0.00196. The molecular formula is C17H17FN6O. The summed E-state index contributed by atoms with van der Waals surface area (Å²) in [6.45, 7) is 3.73. The number of fused-ring (bicyclic) bond motifs is 1. The van der Waals surface area contributed by atoms with Crippen molar-refractivity contribution in [2.24, 2.45) is 0 Å². The second-order valence-corrected chi connectivity index (χ2v) is 6.08. The van der Waals surface area contributed by atoms with Gasteiger partial charge in [0, 0.05) is 19.6 Å². The molecule has 0 aliphatic carbocycles. The Bertz CT molecular complexity index is 940. The molecule has 0 bridgehead atoms. The van der Waals surface area contributed by atoms with Crippen LogP contribution in [0.3, 0.4) is 0 Å². The molecule has 0 unspecified atom stereocenters. The minimum Gasteiger partial charge on any atom is -0.344 e. The zero-order valence-corrected chi connectivity index (χ0v) is 13.8. The van der Waals surface area contributed by atoms with Gasteiger partial charge >= 0.3 is 0 Å². The molecule has 3 heterocycles. The quantitative estimate of drug-likeness (QED) is 0.721. The van der Waals surface area contributed by atoms with Crippen LogP contribution >= 0.6 is 0 Å². The van der Waals surface area contributed by atoms with Crippen molar-refractivity contribution in [2.75, 3.05) is 24.5 Å². The van der Waals surface area contributed by atoms with Gasteiger partial charge in [0.15, 0.2) is 11.5 Å². The average molecular weight is 340 g/mol. The van der Waals surface area contributed by atoms with Crippen molar-refractivity contribution in [3.8, 4) is 0 Å². The van der Waals surface area contributed by atoms with Gasteiger partial charge < -0.3 is 9.80 Å². The standard InChI is InChI=1S/C17H17FN6O/c1-12-19-20-15-5-6-16(21-24(12)15)22-7-8-23(17(25)11-22)10-13-3-2-4-14(18)9-13/h2-6,9H,7-8,10-11H2,1H3. The third kappa shape index (κ3) is 3.02. The van der Waals surface area contributed by atoms with Crippen molar-refractivity contribution in [3.05, 3.63) is 53.6 Å². The lowest BCUT2D eigenvalue weighted by molar-refractivity contribution is -0.131. The molecule has 4 rings (SSSR count). The molecule has 128 valence electrons. The summed E-state index contributed by atoms with van der Waals surface area (Å²) < 4.78 is 15.0. The third-order valence-corrected chi connectivity index (χ3v) is 4.31. The maximum absolute atomic E-state index is 13.3. The van der Waals surface area contributed by atoms with Crippen LogP contribution < -0.4 is 4.90 Å². The van der Waals surface area contributed by atoms with E-state index < -0.39 is 0 Å². The molecule has 3 aromatic rings. The molecule has 0 saturated carbocycles. The number of hydrogen-bond acceptors (Lipinski definition) is 5. The highest BCUT2D eigenvalue weighted by molar-refractivity contribution is 5.82. The van der Waals surface area contributed by atoms with E-state index in [2.05, 4.69) is 15.3 Å². The number of halogens is 1. The van der Waals surface area contributed by atoms with Gasteiger partial charge in [-0.2, -0.15) is 4.52 Å². The molecule has 0 spiro atoms.